The Morgan fingerprint density at radius 1 is 1.73 bits per heavy atom. The molecule has 0 aliphatic carbocycles. The van der Waals surface area contributed by atoms with Crippen LogP contribution in [0.4, 0.5) is 4.79 Å². The second-order valence-corrected chi connectivity index (χ2v) is 3.81. The summed E-state index contributed by atoms with van der Waals surface area (Å²) in [5.74, 6) is -0.435. The second-order valence-electron chi connectivity index (χ2n) is 3.81. The van der Waals surface area contributed by atoms with Crippen LogP contribution in [-0.4, -0.2) is 37.4 Å². The smallest absolute Gasteiger partial charge is 0.407 e. The Morgan fingerprint density at radius 2 is 2.40 bits per heavy atom. The normalized spacial score (nSPS) is 22.1. The van der Waals surface area contributed by atoms with Gasteiger partial charge in [-0.1, -0.05) is 13.8 Å². The Hall–Kier alpha value is -1.30. The number of nitrogens with two attached hydrogens (primary N) is 1. The van der Waals surface area contributed by atoms with Gasteiger partial charge in [-0.3, -0.25) is 4.79 Å². The van der Waals surface area contributed by atoms with Crippen LogP contribution in [0.1, 0.15) is 13.8 Å². The maximum absolute atomic E-state index is 11.3. The molecular formula is C9H16N2O4. The molecule has 0 aromatic carbocycles. The highest BCUT2D eigenvalue weighted by Gasteiger charge is 2.25. The van der Waals surface area contributed by atoms with Crippen molar-refractivity contribution in [2.45, 2.75) is 26.0 Å². The number of rotatable bonds is 4. The summed E-state index contributed by atoms with van der Waals surface area (Å²) in [7, 11) is 0. The van der Waals surface area contributed by atoms with Crippen molar-refractivity contribution in [3.63, 3.8) is 0 Å². The minimum absolute atomic E-state index is 0.0294. The molecular weight excluding hydrogens is 200 g/mol. The van der Waals surface area contributed by atoms with E-state index >= 15 is 0 Å². The van der Waals surface area contributed by atoms with Crippen molar-refractivity contribution in [1.29, 1.82) is 0 Å². The molecule has 6 heteroatoms. The van der Waals surface area contributed by atoms with E-state index < -0.39 is 24.2 Å². The van der Waals surface area contributed by atoms with Crippen LogP contribution < -0.4 is 11.1 Å². The molecule has 86 valence electrons. The number of amides is 1. The highest BCUT2D eigenvalue weighted by Crippen LogP contribution is 2.04. The fourth-order valence-electron chi connectivity index (χ4n) is 1.07. The van der Waals surface area contributed by atoms with E-state index in [0.717, 1.165) is 0 Å². The monoisotopic (exact) mass is 216 g/mol. The summed E-state index contributed by atoms with van der Waals surface area (Å²) in [6.45, 7) is 4.09. The van der Waals surface area contributed by atoms with E-state index in [0.29, 0.717) is 6.54 Å². The first-order valence-electron chi connectivity index (χ1n) is 4.87. The topological polar surface area (TPSA) is 90.7 Å². The lowest BCUT2D eigenvalue weighted by Gasteiger charge is -2.15. The average Bonchev–Trinajstić information content (AvgIpc) is 2.59. The number of esters is 1. The number of alkyl carbamates (subject to hydrolysis) is 1. The number of hydrogen-bond acceptors (Lipinski definition) is 5. The van der Waals surface area contributed by atoms with Gasteiger partial charge in [0.15, 0.2) is 6.10 Å². The molecule has 0 radical (unpaired) electrons. The van der Waals surface area contributed by atoms with Gasteiger partial charge in [0.25, 0.3) is 0 Å². The molecule has 0 bridgehead atoms. The number of carbonyl (C=O) groups is 2. The SMILES string of the molecule is CC(C)[C@H](N)C(=O)OC[C@H]1CNC(=O)O1. The Labute approximate surface area is 88.1 Å². The fraction of sp³-hybridized carbons (Fsp3) is 0.778. The number of carbonyl (C=O) groups excluding carboxylic acids is 2. The first-order chi connectivity index (χ1) is 7.00. The lowest BCUT2D eigenvalue weighted by Crippen LogP contribution is -2.38. The van der Waals surface area contributed by atoms with Gasteiger partial charge in [-0.05, 0) is 5.92 Å². The van der Waals surface area contributed by atoms with Crippen molar-refractivity contribution in [3.05, 3.63) is 0 Å². The predicted molar refractivity (Wildman–Crippen MR) is 52.0 cm³/mol. The molecule has 1 aliphatic heterocycles. The van der Waals surface area contributed by atoms with Crippen molar-refractivity contribution >= 4 is 12.1 Å². The largest absolute Gasteiger partial charge is 0.461 e. The third-order valence-electron chi connectivity index (χ3n) is 2.15. The van der Waals surface area contributed by atoms with Crippen LogP contribution in [0.3, 0.4) is 0 Å². The van der Waals surface area contributed by atoms with Crippen molar-refractivity contribution in [2.75, 3.05) is 13.2 Å². The van der Waals surface area contributed by atoms with Crippen LogP contribution in [0.5, 0.6) is 0 Å². The van der Waals surface area contributed by atoms with Gasteiger partial charge in [0, 0.05) is 0 Å². The van der Waals surface area contributed by atoms with Crippen LogP contribution in [0.25, 0.3) is 0 Å². The molecule has 0 aromatic rings. The van der Waals surface area contributed by atoms with Crippen LogP contribution in [-0.2, 0) is 14.3 Å². The van der Waals surface area contributed by atoms with Gasteiger partial charge in [0.1, 0.15) is 12.6 Å². The molecule has 3 N–H and O–H groups in total. The number of hydrogen-bond donors (Lipinski definition) is 2. The quantitative estimate of drug-likeness (QED) is 0.625. The zero-order valence-electron chi connectivity index (χ0n) is 8.86. The van der Waals surface area contributed by atoms with Gasteiger partial charge < -0.3 is 20.5 Å². The molecule has 1 saturated heterocycles. The molecule has 1 aliphatic rings. The molecule has 0 unspecified atom stereocenters. The van der Waals surface area contributed by atoms with Gasteiger partial charge in [0.05, 0.1) is 6.54 Å². The zero-order chi connectivity index (χ0) is 11.4. The van der Waals surface area contributed by atoms with Crippen LogP contribution in [0.2, 0.25) is 0 Å². The standard InChI is InChI=1S/C9H16N2O4/c1-5(2)7(10)8(12)14-4-6-3-11-9(13)15-6/h5-7H,3-4,10H2,1-2H3,(H,11,13)/t6-,7+/m1/s1. The van der Waals surface area contributed by atoms with E-state index in [9.17, 15) is 9.59 Å². The first kappa shape index (κ1) is 11.8. The summed E-state index contributed by atoms with van der Waals surface area (Å²) in [6, 6.07) is -0.630. The van der Waals surface area contributed by atoms with E-state index in [4.69, 9.17) is 15.2 Å². The van der Waals surface area contributed by atoms with E-state index in [1.165, 1.54) is 0 Å². The zero-order valence-corrected chi connectivity index (χ0v) is 8.86. The van der Waals surface area contributed by atoms with Crippen molar-refractivity contribution in [2.24, 2.45) is 11.7 Å². The maximum Gasteiger partial charge on any atom is 0.407 e. The molecule has 2 atom stereocenters. The van der Waals surface area contributed by atoms with Gasteiger partial charge in [-0.25, -0.2) is 4.79 Å². The van der Waals surface area contributed by atoms with Crippen molar-refractivity contribution < 1.29 is 19.1 Å². The lowest BCUT2D eigenvalue weighted by molar-refractivity contribution is -0.148. The van der Waals surface area contributed by atoms with Gasteiger partial charge in [-0.2, -0.15) is 0 Å². The lowest BCUT2D eigenvalue weighted by atomic mass is 10.1. The van der Waals surface area contributed by atoms with E-state index in [2.05, 4.69) is 5.32 Å². The van der Waals surface area contributed by atoms with E-state index in [-0.39, 0.29) is 12.5 Å². The third kappa shape index (κ3) is 3.39. The Balaban J connectivity index is 2.25. The highest BCUT2D eigenvalue weighted by atomic mass is 16.6. The van der Waals surface area contributed by atoms with E-state index in [1.54, 1.807) is 0 Å². The molecule has 0 spiro atoms. The van der Waals surface area contributed by atoms with Crippen LogP contribution >= 0.6 is 0 Å². The maximum atomic E-state index is 11.3. The summed E-state index contributed by atoms with van der Waals surface area (Å²) in [4.78, 5) is 22.0. The van der Waals surface area contributed by atoms with Crippen LogP contribution in [0, 0.1) is 5.92 Å². The molecule has 6 nitrogen and oxygen atoms in total. The molecule has 0 aromatic heterocycles. The number of cyclic esters (lactones) is 1. The first-order valence-corrected chi connectivity index (χ1v) is 4.87. The number of ether oxygens (including phenoxy) is 2. The minimum Gasteiger partial charge on any atom is -0.461 e. The second kappa shape index (κ2) is 4.97. The molecule has 15 heavy (non-hydrogen) atoms. The molecule has 1 amide bonds. The highest BCUT2D eigenvalue weighted by molar-refractivity contribution is 5.75. The Morgan fingerprint density at radius 3 is 2.87 bits per heavy atom. The van der Waals surface area contributed by atoms with Crippen LogP contribution in [0.15, 0.2) is 0 Å². The summed E-state index contributed by atoms with van der Waals surface area (Å²) >= 11 is 0. The van der Waals surface area contributed by atoms with Crippen molar-refractivity contribution in [1.82, 2.24) is 5.32 Å². The number of nitrogens with one attached hydrogen (secondary N) is 1. The molecule has 1 heterocycles. The van der Waals surface area contributed by atoms with Crippen molar-refractivity contribution in [3.8, 4) is 0 Å². The summed E-state index contributed by atoms with van der Waals surface area (Å²) in [5, 5.41) is 2.46. The van der Waals surface area contributed by atoms with Gasteiger partial charge in [0.2, 0.25) is 0 Å². The Bertz CT molecular complexity index is 254. The summed E-state index contributed by atoms with van der Waals surface area (Å²) in [5.41, 5.74) is 5.57. The Kier molecular flexibility index (Phi) is 3.90. The third-order valence-corrected chi connectivity index (χ3v) is 2.15. The van der Waals surface area contributed by atoms with Gasteiger partial charge in [-0.15, -0.1) is 0 Å². The van der Waals surface area contributed by atoms with E-state index in [1.807, 2.05) is 13.8 Å². The molecule has 1 fully saturated rings. The fourth-order valence-corrected chi connectivity index (χ4v) is 1.07. The molecule has 0 saturated carbocycles. The minimum atomic E-state index is -0.630. The summed E-state index contributed by atoms with van der Waals surface area (Å²) in [6.07, 6.45) is -0.884. The van der Waals surface area contributed by atoms with Gasteiger partial charge >= 0.3 is 12.1 Å². The molecule has 1 rings (SSSR count). The average molecular weight is 216 g/mol. The summed E-state index contributed by atoms with van der Waals surface area (Å²) < 4.78 is 9.70. The predicted octanol–water partition coefficient (Wildman–Crippen LogP) is -0.379.